The molecule has 2 aliphatic carbocycles. The van der Waals surface area contributed by atoms with Crippen molar-refractivity contribution in [1.29, 1.82) is 0 Å². The van der Waals surface area contributed by atoms with Gasteiger partial charge in [0.25, 0.3) is 0 Å². The lowest BCUT2D eigenvalue weighted by molar-refractivity contribution is -0.274. The lowest BCUT2D eigenvalue weighted by atomic mass is 10.0. The van der Waals surface area contributed by atoms with Gasteiger partial charge in [-0.15, -0.1) is 13.2 Å². The Kier molecular flexibility index (Phi) is 5.55. The molecule has 2 saturated carbocycles. The maximum absolute atomic E-state index is 12.7. The zero-order chi connectivity index (χ0) is 23.5. The Labute approximate surface area is 191 Å². The Morgan fingerprint density at radius 3 is 2.58 bits per heavy atom. The van der Waals surface area contributed by atoms with Gasteiger partial charge in [-0.1, -0.05) is 0 Å². The predicted octanol–water partition coefficient (Wildman–Crippen LogP) is 4.22. The summed E-state index contributed by atoms with van der Waals surface area (Å²) in [4.78, 5) is 6.47. The number of rotatable bonds is 5. The summed E-state index contributed by atoms with van der Waals surface area (Å²) in [6, 6.07) is 4.01. The minimum Gasteiger partial charge on any atom is -0.402 e. The first-order valence-corrected chi connectivity index (χ1v) is 11.6. The van der Waals surface area contributed by atoms with Gasteiger partial charge in [-0.2, -0.15) is 5.10 Å². The molecule has 1 aliphatic heterocycles. The zero-order valence-corrected chi connectivity index (χ0v) is 19.0. The van der Waals surface area contributed by atoms with Crippen LogP contribution >= 0.6 is 0 Å². The first-order chi connectivity index (χ1) is 15.6. The Morgan fingerprint density at radius 1 is 1.21 bits per heavy atom. The van der Waals surface area contributed by atoms with Gasteiger partial charge in [0.15, 0.2) is 11.6 Å². The first kappa shape index (κ1) is 22.5. The first-order valence-electron chi connectivity index (χ1n) is 11.6. The van der Waals surface area contributed by atoms with Crippen LogP contribution in [0.25, 0.3) is 11.3 Å². The number of nitrogens with two attached hydrogens (primary N) is 1. The van der Waals surface area contributed by atoms with Crippen LogP contribution < -0.4 is 10.5 Å². The highest BCUT2D eigenvalue weighted by atomic mass is 19.4. The van der Waals surface area contributed by atoms with E-state index in [9.17, 15) is 13.2 Å². The van der Waals surface area contributed by atoms with Gasteiger partial charge in [-0.25, -0.2) is 4.98 Å². The van der Waals surface area contributed by atoms with Crippen LogP contribution in [0.1, 0.15) is 51.3 Å². The number of morpholine rings is 1. The van der Waals surface area contributed by atoms with Gasteiger partial charge >= 0.3 is 6.36 Å². The summed E-state index contributed by atoms with van der Waals surface area (Å²) >= 11 is 0. The van der Waals surface area contributed by atoms with Gasteiger partial charge in [0, 0.05) is 48.5 Å². The third kappa shape index (κ3) is 4.42. The van der Waals surface area contributed by atoms with Crippen molar-refractivity contribution in [2.24, 2.45) is 11.8 Å². The number of ether oxygens (including phenoxy) is 2. The Balaban J connectivity index is 1.35. The second kappa shape index (κ2) is 8.16. The van der Waals surface area contributed by atoms with E-state index in [1.54, 1.807) is 0 Å². The number of pyridine rings is 1. The lowest BCUT2D eigenvalue weighted by Gasteiger charge is -2.36. The van der Waals surface area contributed by atoms with E-state index in [1.165, 1.54) is 25.1 Å². The molecule has 0 bridgehead atoms. The summed E-state index contributed by atoms with van der Waals surface area (Å²) in [7, 11) is 0. The van der Waals surface area contributed by atoms with Gasteiger partial charge < -0.3 is 15.2 Å². The highest BCUT2D eigenvalue weighted by Crippen LogP contribution is 2.64. The van der Waals surface area contributed by atoms with E-state index in [1.807, 2.05) is 10.7 Å². The fourth-order valence-electron chi connectivity index (χ4n) is 5.74. The fraction of sp³-hybridized carbons (Fsp3) is 0.652. The molecular formula is C23H30F3N5O2. The van der Waals surface area contributed by atoms with Gasteiger partial charge in [0.1, 0.15) is 0 Å². The van der Waals surface area contributed by atoms with E-state index < -0.39 is 12.1 Å². The van der Waals surface area contributed by atoms with Crippen molar-refractivity contribution in [3.63, 3.8) is 0 Å². The van der Waals surface area contributed by atoms with Crippen molar-refractivity contribution in [2.45, 2.75) is 64.1 Å². The van der Waals surface area contributed by atoms with Crippen LogP contribution in [-0.4, -0.2) is 57.9 Å². The number of halogens is 3. The molecule has 1 saturated heterocycles. The summed E-state index contributed by atoms with van der Waals surface area (Å²) < 4.78 is 49.9. The van der Waals surface area contributed by atoms with Gasteiger partial charge in [-0.05, 0) is 57.6 Å². The molecule has 180 valence electrons. The molecule has 2 aromatic heterocycles. The second-order valence-corrected chi connectivity index (χ2v) is 9.80. The van der Waals surface area contributed by atoms with Gasteiger partial charge in [0.05, 0.1) is 18.4 Å². The molecule has 10 heteroatoms. The maximum Gasteiger partial charge on any atom is 0.573 e. The van der Waals surface area contributed by atoms with Crippen molar-refractivity contribution in [2.75, 3.05) is 25.4 Å². The van der Waals surface area contributed by atoms with Crippen LogP contribution in [-0.2, 0) is 4.74 Å². The summed E-state index contributed by atoms with van der Waals surface area (Å²) in [5, 5.41) is 4.73. The topological polar surface area (TPSA) is 78.4 Å². The number of hydrogen-bond acceptors (Lipinski definition) is 6. The van der Waals surface area contributed by atoms with Gasteiger partial charge in [0.2, 0.25) is 0 Å². The fourth-order valence-corrected chi connectivity index (χ4v) is 5.74. The van der Waals surface area contributed by atoms with E-state index in [-0.39, 0.29) is 18.0 Å². The monoisotopic (exact) mass is 465 g/mol. The summed E-state index contributed by atoms with van der Waals surface area (Å²) in [6.45, 7) is 9.06. The molecule has 5 atom stereocenters. The number of hydrogen-bond donors (Lipinski definition) is 1. The standard InChI is InChI=1S/C23H30F3N5O2/c1-12(2)31-19(21-16-7-15(8-17(16)21)30-4-5-32-13(3)11-30)9-18(29-31)14-6-20(22(27)28-10-14)33-23(24,25)26/h6,9-10,12-13,15-17,21H,4-5,7-8,11H2,1-3H3,(H2,27,28)/t13-,15-,16-,17+,21+/m1/s1. The van der Waals surface area contributed by atoms with Crippen LogP contribution in [0, 0.1) is 11.8 Å². The zero-order valence-electron chi connectivity index (χ0n) is 19.0. The van der Waals surface area contributed by atoms with Crippen LogP contribution in [0.5, 0.6) is 5.75 Å². The lowest BCUT2D eigenvalue weighted by Crippen LogP contribution is -2.46. The number of fused-ring (bicyclic) bond motifs is 1. The van der Waals surface area contributed by atoms with Crippen LogP contribution in [0.15, 0.2) is 18.3 Å². The molecule has 2 aromatic rings. The molecule has 2 N–H and O–H groups in total. The maximum atomic E-state index is 12.7. The molecule has 7 nitrogen and oxygen atoms in total. The average molecular weight is 466 g/mol. The Bertz CT molecular complexity index is 1010. The molecule has 5 rings (SSSR count). The molecule has 0 spiro atoms. The van der Waals surface area contributed by atoms with Crippen LogP contribution in [0.2, 0.25) is 0 Å². The van der Waals surface area contributed by atoms with E-state index in [0.717, 1.165) is 25.4 Å². The minimum absolute atomic E-state index is 0.138. The summed E-state index contributed by atoms with van der Waals surface area (Å²) in [6.07, 6.45) is -0.756. The number of aromatic nitrogens is 3. The van der Waals surface area contributed by atoms with Crippen molar-refractivity contribution >= 4 is 5.82 Å². The van der Waals surface area contributed by atoms with Crippen molar-refractivity contribution < 1.29 is 22.6 Å². The summed E-state index contributed by atoms with van der Waals surface area (Å²) in [5.74, 6) is 0.884. The summed E-state index contributed by atoms with van der Waals surface area (Å²) in [5.41, 5.74) is 7.78. The molecule has 33 heavy (non-hydrogen) atoms. The predicted molar refractivity (Wildman–Crippen MR) is 117 cm³/mol. The van der Waals surface area contributed by atoms with Crippen molar-refractivity contribution in [3.8, 4) is 17.0 Å². The van der Waals surface area contributed by atoms with E-state index in [0.29, 0.717) is 35.1 Å². The number of alkyl halides is 3. The Morgan fingerprint density at radius 2 is 1.94 bits per heavy atom. The highest BCUT2D eigenvalue weighted by molar-refractivity contribution is 5.64. The molecule has 3 aliphatic rings. The third-order valence-corrected chi connectivity index (χ3v) is 7.21. The molecular weight excluding hydrogens is 435 g/mol. The van der Waals surface area contributed by atoms with Gasteiger partial charge in [-0.3, -0.25) is 9.58 Å². The smallest absolute Gasteiger partial charge is 0.402 e. The molecule has 0 radical (unpaired) electrons. The molecule has 0 aromatic carbocycles. The third-order valence-electron chi connectivity index (χ3n) is 7.21. The molecule has 0 amide bonds. The Hall–Kier alpha value is -2.33. The number of nitrogens with zero attached hydrogens (tertiary/aromatic N) is 4. The van der Waals surface area contributed by atoms with Crippen molar-refractivity contribution in [3.05, 3.63) is 24.0 Å². The quantitative estimate of drug-likeness (QED) is 0.713. The number of anilines is 1. The van der Waals surface area contributed by atoms with Crippen LogP contribution in [0.3, 0.4) is 0 Å². The number of nitrogen functional groups attached to an aromatic ring is 1. The molecule has 3 fully saturated rings. The largest absolute Gasteiger partial charge is 0.573 e. The minimum atomic E-state index is -4.84. The second-order valence-electron chi connectivity index (χ2n) is 9.80. The molecule has 3 heterocycles. The van der Waals surface area contributed by atoms with E-state index in [4.69, 9.17) is 15.6 Å². The van der Waals surface area contributed by atoms with Crippen LogP contribution in [0.4, 0.5) is 19.0 Å². The molecule has 0 unspecified atom stereocenters. The van der Waals surface area contributed by atoms with E-state index in [2.05, 4.69) is 35.4 Å². The van der Waals surface area contributed by atoms with Crippen molar-refractivity contribution in [1.82, 2.24) is 19.7 Å². The highest BCUT2D eigenvalue weighted by Gasteiger charge is 2.58. The van der Waals surface area contributed by atoms with E-state index >= 15 is 0 Å². The normalized spacial score (nSPS) is 30.0. The average Bonchev–Trinajstić information content (AvgIpc) is 3.09. The SMILES string of the molecule is CC(C)n1nc(-c2cnc(N)c(OC(F)(F)F)c2)cc1[C@H]1[C@@H]2C[C@@H](N3CCO[C@H](C)C3)C[C@@H]21.